The molecule has 19 heavy (non-hydrogen) atoms. The Bertz CT molecular complexity index is 413. The highest BCUT2D eigenvalue weighted by Gasteiger charge is 2.13. The van der Waals surface area contributed by atoms with E-state index in [9.17, 15) is 0 Å². The zero-order valence-electron chi connectivity index (χ0n) is 11.8. The fraction of sp³-hybridized carbons (Fsp3) is 0.533. The van der Waals surface area contributed by atoms with Crippen LogP contribution in [0.5, 0.6) is 0 Å². The van der Waals surface area contributed by atoms with E-state index in [4.69, 9.17) is 29.6 Å². The first kappa shape index (κ1) is 16.3. The van der Waals surface area contributed by atoms with Gasteiger partial charge in [0, 0.05) is 29.4 Å². The van der Waals surface area contributed by atoms with Crippen molar-refractivity contribution in [3.05, 3.63) is 28.8 Å². The first-order chi connectivity index (χ1) is 9.10. The van der Waals surface area contributed by atoms with Gasteiger partial charge in [0.05, 0.1) is 0 Å². The zero-order valence-corrected chi connectivity index (χ0v) is 13.4. The molecular formula is C15H23ClN2S. The molecule has 0 aromatic heterocycles. The van der Waals surface area contributed by atoms with Gasteiger partial charge in [-0.05, 0) is 31.0 Å². The van der Waals surface area contributed by atoms with Gasteiger partial charge in [-0.1, -0.05) is 50.5 Å². The maximum atomic E-state index is 6.04. The normalized spacial score (nSPS) is 10.5. The van der Waals surface area contributed by atoms with Crippen LogP contribution in [-0.4, -0.2) is 18.1 Å². The maximum Gasteiger partial charge on any atom is 0.106 e. The third-order valence-corrected chi connectivity index (χ3v) is 3.58. The van der Waals surface area contributed by atoms with Gasteiger partial charge in [-0.3, -0.25) is 0 Å². The van der Waals surface area contributed by atoms with E-state index in [-0.39, 0.29) is 0 Å². The van der Waals surface area contributed by atoms with Crippen LogP contribution in [-0.2, 0) is 0 Å². The molecule has 4 heteroatoms. The fourth-order valence-electron chi connectivity index (χ4n) is 2.03. The number of anilines is 1. The van der Waals surface area contributed by atoms with Crippen molar-refractivity contribution >= 4 is 34.5 Å². The van der Waals surface area contributed by atoms with Crippen molar-refractivity contribution in [1.82, 2.24) is 0 Å². The van der Waals surface area contributed by atoms with Crippen LogP contribution in [0.1, 0.15) is 45.1 Å². The Morgan fingerprint density at radius 2 is 1.79 bits per heavy atom. The Kier molecular flexibility index (Phi) is 7.17. The molecule has 1 aromatic rings. The summed E-state index contributed by atoms with van der Waals surface area (Å²) in [6, 6.07) is 5.80. The molecular weight excluding hydrogens is 276 g/mol. The van der Waals surface area contributed by atoms with Crippen molar-refractivity contribution in [2.75, 3.05) is 18.0 Å². The second-order valence-electron chi connectivity index (χ2n) is 4.72. The van der Waals surface area contributed by atoms with Crippen LogP contribution in [0, 0.1) is 0 Å². The molecule has 0 aliphatic carbocycles. The number of nitrogens with zero attached hydrogens (tertiary/aromatic N) is 1. The molecule has 0 spiro atoms. The highest BCUT2D eigenvalue weighted by atomic mass is 35.5. The highest BCUT2D eigenvalue weighted by Crippen LogP contribution is 2.25. The minimum atomic E-state index is 0.412. The van der Waals surface area contributed by atoms with E-state index in [2.05, 4.69) is 18.7 Å². The number of nitrogens with two attached hydrogens (primary N) is 1. The fourth-order valence-corrected chi connectivity index (χ4v) is 2.37. The van der Waals surface area contributed by atoms with Gasteiger partial charge in [0.25, 0.3) is 0 Å². The van der Waals surface area contributed by atoms with E-state index in [1.54, 1.807) is 0 Å². The van der Waals surface area contributed by atoms with Crippen LogP contribution in [0.3, 0.4) is 0 Å². The van der Waals surface area contributed by atoms with Crippen molar-refractivity contribution in [2.45, 2.75) is 39.5 Å². The molecule has 0 aliphatic rings. The zero-order chi connectivity index (χ0) is 14.3. The number of halogens is 1. The molecule has 0 amide bonds. The standard InChI is InChI=1S/C15H23ClN2S/c1-3-5-9-18(10-6-4-2)14-8-7-12(16)11-13(14)15(17)19/h7-8,11H,3-6,9-10H2,1-2H3,(H2,17,19). The molecule has 106 valence electrons. The topological polar surface area (TPSA) is 29.3 Å². The summed E-state index contributed by atoms with van der Waals surface area (Å²) >= 11 is 11.2. The average Bonchev–Trinajstić information content (AvgIpc) is 2.39. The van der Waals surface area contributed by atoms with E-state index in [1.165, 1.54) is 25.7 Å². The number of unbranched alkanes of at least 4 members (excludes halogenated alkanes) is 2. The molecule has 0 saturated carbocycles. The SMILES string of the molecule is CCCCN(CCCC)c1ccc(Cl)cc1C(N)=S. The van der Waals surface area contributed by atoms with Gasteiger partial charge in [-0.2, -0.15) is 0 Å². The van der Waals surface area contributed by atoms with Crippen molar-refractivity contribution in [3.63, 3.8) is 0 Å². The molecule has 0 bridgehead atoms. The number of rotatable bonds is 8. The molecule has 0 radical (unpaired) electrons. The summed E-state index contributed by atoms with van der Waals surface area (Å²) in [6.07, 6.45) is 4.70. The first-order valence-corrected chi connectivity index (χ1v) is 7.73. The summed E-state index contributed by atoms with van der Waals surface area (Å²) in [7, 11) is 0. The predicted octanol–water partition coefficient (Wildman–Crippen LogP) is 4.38. The molecule has 0 saturated heterocycles. The van der Waals surface area contributed by atoms with Crippen molar-refractivity contribution in [2.24, 2.45) is 5.73 Å². The van der Waals surface area contributed by atoms with E-state index >= 15 is 0 Å². The molecule has 0 heterocycles. The van der Waals surface area contributed by atoms with E-state index < -0.39 is 0 Å². The molecule has 0 unspecified atom stereocenters. The lowest BCUT2D eigenvalue weighted by Crippen LogP contribution is -2.28. The largest absolute Gasteiger partial charge is 0.389 e. The number of hydrogen-bond donors (Lipinski definition) is 1. The Labute approximate surface area is 126 Å². The summed E-state index contributed by atoms with van der Waals surface area (Å²) in [5.74, 6) is 0. The Balaban J connectivity index is 3.02. The number of hydrogen-bond acceptors (Lipinski definition) is 2. The minimum absolute atomic E-state index is 0.412. The van der Waals surface area contributed by atoms with E-state index in [0.717, 1.165) is 24.3 Å². The smallest absolute Gasteiger partial charge is 0.106 e. The molecule has 0 fully saturated rings. The quantitative estimate of drug-likeness (QED) is 0.722. The summed E-state index contributed by atoms with van der Waals surface area (Å²) in [5, 5.41) is 0.678. The molecule has 2 nitrogen and oxygen atoms in total. The van der Waals surface area contributed by atoms with Gasteiger partial charge >= 0.3 is 0 Å². The van der Waals surface area contributed by atoms with Gasteiger partial charge in [0.2, 0.25) is 0 Å². The predicted molar refractivity (Wildman–Crippen MR) is 89.4 cm³/mol. The second kappa shape index (κ2) is 8.39. The van der Waals surface area contributed by atoms with Crippen molar-refractivity contribution < 1.29 is 0 Å². The van der Waals surface area contributed by atoms with Gasteiger partial charge < -0.3 is 10.6 Å². The van der Waals surface area contributed by atoms with Crippen LogP contribution in [0.15, 0.2) is 18.2 Å². The van der Waals surface area contributed by atoms with E-state index in [1.807, 2.05) is 18.2 Å². The van der Waals surface area contributed by atoms with Gasteiger partial charge in [0.15, 0.2) is 0 Å². The van der Waals surface area contributed by atoms with Crippen molar-refractivity contribution in [1.29, 1.82) is 0 Å². The third kappa shape index (κ3) is 5.00. The lowest BCUT2D eigenvalue weighted by Gasteiger charge is -2.27. The van der Waals surface area contributed by atoms with Gasteiger partial charge in [0.1, 0.15) is 4.99 Å². The lowest BCUT2D eigenvalue weighted by molar-refractivity contribution is 0.678. The van der Waals surface area contributed by atoms with Crippen LogP contribution in [0.25, 0.3) is 0 Å². The van der Waals surface area contributed by atoms with Crippen LogP contribution in [0.4, 0.5) is 5.69 Å². The molecule has 2 N–H and O–H groups in total. The first-order valence-electron chi connectivity index (χ1n) is 6.94. The van der Waals surface area contributed by atoms with Crippen LogP contribution in [0.2, 0.25) is 5.02 Å². The summed E-state index contributed by atoms with van der Waals surface area (Å²) in [5.41, 5.74) is 7.82. The maximum absolute atomic E-state index is 6.04. The average molecular weight is 299 g/mol. The molecule has 1 aromatic carbocycles. The summed E-state index contributed by atoms with van der Waals surface area (Å²) in [6.45, 7) is 6.48. The van der Waals surface area contributed by atoms with Crippen molar-refractivity contribution in [3.8, 4) is 0 Å². The van der Waals surface area contributed by atoms with Crippen LogP contribution < -0.4 is 10.6 Å². The Morgan fingerprint density at radius 1 is 1.21 bits per heavy atom. The second-order valence-corrected chi connectivity index (χ2v) is 5.60. The van der Waals surface area contributed by atoms with Gasteiger partial charge in [-0.15, -0.1) is 0 Å². The highest BCUT2D eigenvalue weighted by molar-refractivity contribution is 7.80. The Morgan fingerprint density at radius 3 is 2.26 bits per heavy atom. The molecule has 0 atom stereocenters. The van der Waals surface area contributed by atoms with Gasteiger partial charge in [-0.25, -0.2) is 0 Å². The molecule has 0 aliphatic heterocycles. The van der Waals surface area contributed by atoms with E-state index in [0.29, 0.717) is 10.0 Å². The lowest BCUT2D eigenvalue weighted by atomic mass is 10.1. The number of benzene rings is 1. The minimum Gasteiger partial charge on any atom is -0.389 e. The third-order valence-electron chi connectivity index (χ3n) is 3.13. The molecule has 1 rings (SSSR count). The monoisotopic (exact) mass is 298 g/mol. The summed E-state index contributed by atoms with van der Waals surface area (Å²) < 4.78 is 0. The summed E-state index contributed by atoms with van der Waals surface area (Å²) in [4.78, 5) is 2.79. The number of thiocarbonyl (C=S) groups is 1. The Hall–Kier alpha value is -0.800. The van der Waals surface area contributed by atoms with Crippen LogP contribution >= 0.6 is 23.8 Å².